The third-order valence-corrected chi connectivity index (χ3v) is 6.31. The van der Waals surface area contributed by atoms with E-state index in [9.17, 15) is 9.90 Å². The minimum atomic E-state index is -0.581. The summed E-state index contributed by atoms with van der Waals surface area (Å²) in [5, 5.41) is 9.64. The molecule has 0 spiro atoms. The summed E-state index contributed by atoms with van der Waals surface area (Å²) >= 11 is 0. The predicted octanol–water partition coefficient (Wildman–Crippen LogP) is 3.92. The second-order valence-electron chi connectivity index (χ2n) is 7.88. The van der Waals surface area contributed by atoms with Gasteiger partial charge in [-0.2, -0.15) is 0 Å². The van der Waals surface area contributed by atoms with E-state index in [4.69, 9.17) is 0 Å². The van der Waals surface area contributed by atoms with Gasteiger partial charge in [0.2, 0.25) is 0 Å². The Labute approximate surface area is 129 Å². The van der Waals surface area contributed by atoms with Crippen LogP contribution in [0.3, 0.4) is 0 Å². The van der Waals surface area contributed by atoms with Crippen LogP contribution in [0.1, 0.15) is 71.1 Å². The highest BCUT2D eigenvalue weighted by molar-refractivity contribution is 5.73. The highest BCUT2D eigenvalue weighted by atomic mass is 16.4. The Kier molecular flexibility index (Phi) is 4.88. The second-order valence-corrected chi connectivity index (χ2v) is 7.88. The van der Waals surface area contributed by atoms with Crippen molar-refractivity contribution in [3.8, 4) is 0 Å². The fourth-order valence-corrected chi connectivity index (χ4v) is 5.28. The molecule has 120 valence electrons. The molecular formula is C18H31NO2. The van der Waals surface area contributed by atoms with Gasteiger partial charge in [0.15, 0.2) is 0 Å². The number of fused-ring (bicyclic) bond motifs is 1. The maximum atomic E-state index is 11.7. The zero-order valence-corrected chi connectivity index (χ0v) is 13.5. The van der Waals surface area contributed by atoms with Crippen LogP contribution in [0.2, 0.25) is 0 Å². The van der Waals surface area contributed by atoms with E-state index in [-0.39, 0.29) is 6.04 Å². The first-order chi connectivity index (χ1) is 10.1. The first-order valence-corrected chi connectivity index (χ1v) is 9.13. The highest BCUT2D eigenvalue weighted by Gasteiger charge is 2.42. The van der Waals surface area contributed by atoms with Gasteiger partial charge in [-0.1, -0.05) is 32.6 Å². The van der Waals surface area contributed by atoms with Crippen molar-refractivity contribution in [3.63, 3.8) is 0 Å². The molecule has 0 aromatic carbocycles. The number of carboxylic acids is 1. The Hall–Kier alpha value is -0.570. The van der Waals surface area contributed by atoms with Crippen molar-refractivity contribution in [1.82, 2.24) is 4.90 Å². The summed E-state index contributed by atoms with van der Waals surface area (Å²) in [4.78, 5) is 14.1. The van der Waals surface area contributed by atoms with Gasteiger partial charge in [0.25, 0.3) is 0 Å². The van der Waals surface area contributed by atoms with Gasteiger partial charge in [-0.25, -0.2) is 0 Å². The van der Waals surface area contributed by atoms with Crippen molar-refractivity contribution in [1.29, 1.82) is 0 Å². The molecule has 1 aliphatic heterocycles. The standard InChI is InChI=1S/C18H31NO2/c1-13-5-4-6-14(11-13)12-19-16-8-3-2-7-15(16)9-10-17(19)18(20)21/h13-17H,2-12H2,1H3,(H,20,21). The summed E-state index contributed by atoms with van der Waals surface area (Å²) in [6.07, 6.45) is 12.5. The lowest BCUT2D eigenvalue weighted by atomic mass is 9.75. The van der Waals surface area contributed by atoms with E-state index in [0.29, 0.717) is 6.04 Å². The van der Waals surface area contributed by atoms with Crippen LogP contribution < -0.4 is 0 Å². The molecule has 0 bridgehead atoms. The minimum absolute atomic E-state index is 0.207. The summed E-state index contributed by atoms with van der Waals surface area (Å²) < 4.78 is 0. The first-order valence-electron chi connectivity index (χ1n) is 9.13. The minimum Gasteiger partial charge on any atom is -0.480 e. The molecule has 21 heavy (non-hydrogen) atoms. The number of likely N-dealkylation sites (tertiary alicyclic amines) is 1. The lowest BCUT2D eigenvalue weighted by Gasteiger charge is -2.48. The lowest BCUT2D eigenvalue weighted by Crippen LogP contribution is -2.56. The predicted molar refractivity (Wildman–Crippen MR) is 84.2 cm³/mol. The summed E-state index contributed by atoms with van der Waals surface area (Å²) in [6.45, 7) is 3.41. The topological polar surface area (TPSA) is 40.5 Å². The number of hydrogen-bond donors (Lipinski definition) is 1. The zero-order chi connectivity index (χ0) is 14.8. The maximum Gasteiger partial charge on any atom is 0.320 e. The number of hydrogen-bond acceptors (Lipinski definition) is 2. The Morgan fingerprint density at radius 2 is 1.86 bits per heavy atom. The SMILES string of the molecule is CC1CCCC(CN2C(C(=O)O)CCC3CCCCC32)C1. The van der Waals surface area contributed by atoms with Crippen LogP contribution in [0.25, 0.3) is 0 Å². The second kappa shape index (κ2) is 6.68. The number of aliphatic carboxylic acids is 1. The lowest BCUT2D eigenvalue weighted by molar-refractivity contribution is -0.148. The Balaban J connectivity index is 1.71. The van der Waals surface area contributed by atoms with Crippen molar-refractivity contribution in [2.45, 2.75) is 83.2 Å². The van der Waals surface area contributed by atoms with Crippen molar-refractivity contribution in [2.75, 3.05) is 6.54 Å². The van der Waals surface area contributed by atoms with Crippen LogP contribution in [-0.4, -0.2) is 34.6 Å². The summed E-state index contributed by atoms with van der Waals surface area (Å²) in [5.74, 6) is 1.76. The number of carbonyl (C=O) groups is 1. The van der Waals surface area contributed by atoms with Gasteiger partial charge in [-0.05, 0) is 56.3 Å². The average molecular weight is 293 g/mol. The van der Waals surface area contributed by atoms with E-state index in [1.54, 1.807) is 0 Å². The molecule has 1 heterocycles. The third-order valence-electron chi connectivity index (χ3n) is 6.31. The molecule has 0 amide bonds. The molecule has 3 heteroatoms. The average Bonchev–Trinajstić information content (AvgIpc) is 2.47. The van der Waals surface area contributed by atoms with Crippen LogP contribution in [0, 0.1) is 17.8 Å². The van der Waals surface area contributed by atoms with Gasteiger partial charge in [0, 0.05) is 12.6 Å². The number of piperidine rings is 1. The van der Waals surface area contributed by atoms with Gasteiger partial charge >= 0.3 is 5.97 Å². The van der Waals surface area contributed by atoms with Crippen LogP contribution in [0.4, 0.5) is 0 Å². The van der Waals surface area contributed by atoms with Crippen LogP contribution >= 0.6 is 0 Å². The van der Waals surface area contributed by atoms with E-state index < -0.39 is 5.97 Å². The molecule has 3 nitrogen and oxygen atoms in total. The molecule has 2 aliphatic carbocycles. The van der Waals surface area contributed by atoms with E-state index in [2.05, 4.69) is 11.8 Å². The Bertz CT molecular complexity index is 370. The summed E-state index contributed by atoms with van der Waals surface area (Å²) in [5.41, 5.74) is 0. The molecule has 3 fully saturated rings. The molecule has 5 atom stereocenters. The van der Waals surface area contributed by atoms with Gasteiger partial charge in [0.05, 0.1) is 0 Å². The van der Waals surface area contributed by atoms with Gasteiger partial charge < -0.3 is 5.11 Å². The summed E-state index contributed by atoms with van der Waals surface area (Å²) in [6, 6.07) is 0.354. The van der Waals surface area contributed by atoms with Gasteiger partial charge in [0.1, 0.15) is 6.04 Å². The fourth-order valence-electron chi connectivity index (χ4n) is 5.28. The maximum absolute atomic E-state index is 11.7. The van der Waals surface area contributed by atoms with Crippen LogP contribution in [0.15, 0.2) is 0 Å². The molecule has 3 aliphatic rings. The van der Waals surface area contributed by atoms with Crippen molar-refractivity contribution >= 4 is 5.97 Å². The van der Waals surface area contributed by atoms with E-state index in [1.807, 2.05) is 0 Å². The third kappa shape index (κ3) is 3.44. The quantitative estimate of drug-likeness (QED) is 0.857. The van der Waals surface area contributed by atoms with Crippen LogP contribution in [0.5, 0.6) is 0 Å². The van der Waals surface area contributed by atoms with Gasteiger partial charge in [-0.3, -0.25) is 9.69 Å². The number of carboxylic acid groups (broad SMARTS) is 1. The molecule has 2 saturated carbocycles. The van der Waals surface area contributed by atoms with Crippen molar-refractivity contribution in [2.24, 2.45) is 17.8 Å². The highest BCUT2D eigenvalue weighted by Crippen LogP contribution is 2.39. The molecule has 1 saturated heterocycles. The monoisotopic (exact) mass is 293 g/mol. The molecular weight excluding hydrogens is 262 g/mol. The molecule has 3 rings (SSSR count). The smallest absolute Gasteiger partial charge is 0.320 e. The molecule has 5 unspecified atom stereocenters. The van der Waals surface area contributed by atoms with E-state index in [0.717, 1.165) is 37.1 Å². The zero-order valence-electron chi connectivity index (χ0n) is 13.5. The normalized spacial score (nSPS) is 41.5. The molecule has 0 aromatic rings. The Morgan fingerprint density at radius 1 is 1.05 bits per heavy atom. The number of nitrogens with zero attached hydrogens (tertiary/aromatic N) is 1. The molecule has 0 radical (unpaired) electrons. The van der Waals surface area contributed by atoms with Crippen molar-refractivity contribution in [3.05, 3.63) is 0 Å². The van der Waals surface area contributed by atoms with Crippen LogP contribution in [-0.2, 0) is 4.79 Å². The molecule has 1 N–H and O–H groups in total. The Morgan fingerprint density at radius 3 is 2.62 bits per heavy atom. The number of rotatable bonds is 3. The summed E-state index contributed by atoms with van der Waals surface area (Å²) in [7, 11) is 0. The molecule has 0 aromatic heterocycles. The van der Waals surface area contributed by atoms with Gasteiger partial charge in [-0.15, -0.1) is 0 Å². The largest absolute Gasteiger partial charge is 0.480 e. The van der Waals surface area contributed by atoms with E-state index >= 15 is 0 Å². The first kappa shape index (κ1) is 15.3. The fraction of sp³-hybridized carbons (Fsp3) is 0.944. The van der Waals surface area contributed by atoms with Crippen molar-refractivity contribution < 1.29 is 9.90 Å². The van der Waals surface area contributed by atoms with E-state index in [1.165, 1.54) is 51.4 Å².